The molecule has 29 heavy (non-hydrogen) atoms. The molecular weight excluding hydrogens is 374 g/mol. The summed E-state index contributed by atoms with van der Waals surface area (Å²) in [4.78, 5) is 17.4. The number of amides is 1. The summed E-state index contributed by atoms with van der Waals surface area (Å²) in [5.41, 5.74) is 0.170. The van der Waals surface area contributed by atoms with Gasteiger partial charge in [0.15, 0.2) is 0 Å². The standard InChI is InChI=1S/C22H16F2N4O/c1-13-8-21-15(5-3-7-28(21)26-13)14-9-18(23)17(19(24)10-14)11-27-12-20-16(22(27)29)4-2-6-25-20/h2-10H,11-12H2,1H3/i1D3,12D2. The van der Waals surface area contributed by atoms with Crippen LogP contribution in [0.1, 0.15) is 34.2 Å². The number of carbonyl (C=O) groups is 1. The fourth-order valence-corrected chi connectivity index (χ4v) is 3.43. The topological polar surface area (TPSA) is 50.5 Å². The van der Waals surface area contributed by atoms with E-state index < -0.39 is 43.0 Å². The smallest absolute Gasteiger partial charge is 0.256 e. The molecule has 0 N–H and O–H groups in total. The van der Waals surface area contributed by atoms with Gasteiger partial charge >= 0.3 is 0 Å². The van der Waals surface area contributed by atoms with Gasteiger partial charge in [-0.25, -0.2) is 13.3 Å². The SMILES string of the molecule is [2H]C([2H])([2H])c1cc2c(-c3cc(F)c(CN4C(=O)c5cccnc5C4([2H])[2H])c(F)c3)cccn2n1. The molecule has 0 saturated carbocycles. The number of nitrogens with zero attached hydrogens (tertiary/aromatic N) is 4. The number of hydrogen-bond donors (Lipinski definition) is 0. The van der Waals surface area contributed by atoms with Crippen LogP contribution in [0.5, 0.6) is 0 Å². The molecule has 0 spiro atoms. The number of fused-ring (bicyclic) bond motifs is 2. The van der Waals surface area contributed by atoms with Crippen molar-refractivity contribution in [2.24, 2.45) is 0 Å². The van der Waals surface area contributed by atoms with Crippen LogP contribution in [0, 0.1) is 18.5 Å². The van der Waals surface area contributed by atoms with Crippen LogP contribution in [0.2, 0.25) is 0 Å². The Morgan fingerprint density at radius 2 is 1.97 bits per heavy atom. The highest BCUT2D eigenvalue weighted by molar-refractivity contribution is 5.97. The van der Waals surface area contributed by atoms with E-state index in [1.54, 1.807) is 12.1 Å². The number of rotatable bonds is 3. The van der Waals surface area contributed by atoms with E-state index in [0.717, 1.165) is 17.0 Å². The van der Waals surface area contributed by atoms with E-state index >= 15 is 8.78 Å². The van der Waals surface area contributed by atoms with Crippen molar-refractivity contribution < 1.29 is 20.4 Å². The van der Waals surface area contributed by atoms with Crippen molar-refractivity contribution in [2.45, 2.75) is 19.9 Å². The van der Waals surface area contributed by atoms with E-state index in [1.165, 1.54) is 35.1 Å². The first-order chi connectivity index (χ1) is 16.0. The average molecular weight is 395 g/mol. The molecule has 0 fully saturated rings. The number of halogens is 2. The van der Waals surface area contributed by atoms with Gasteiger partial charge in [-0.1, -0.05) is 6.07 Å². The summed E-state index contributed by atoms with van der Waals surface area (Å²) < 4.78 is 70.8. The van der Waals surface area contributed by atoms with Gasteiger partial charge in [-0.2, -0.15) is 5.10 Å². The second-order valence-corrected chi connectivity index (χ2v) is 6.60. The normalized spacial score (nSPS) is 18.1. The molecule has 0 atom stereocenters. The van der Waals surface area contributed by atoms with Gasteiger partial charge in [-0.3, -0.25) is 9.78 Å². The van der Waals surface area contributed by atoms with E-state index in [0.29, 0.717) is 11.1 Å². The maximum Gasteiger partial charge on any atom is 0.256 e. The third kappa shape index (κ3) is 2.86. The lowest BCUT2D eigenvalue weighted by atomic mass is 10.0. The highest BCUT2D eigenvalue weighted by Crippen LogP contribution is 2.30. The fourth-order valence-electron chi connectivity index (χ4n) is 3.43. The van der Waals surface area contributed by atoms with Crippen molar-refractivity contribution in [3.05, 3.63) is 89.0 Å². The predicted octanol–water partition coefficient (Wildman–Crippen LogP) is 4.14. The van der Waals surface area contributed by atoms with Crippen LogP contribution in [0.25, 0.3) is 16.6 Å². The molecular formula is C22H16F2N4O. The summed E-state index contributed by atoms with van der Waals surface area (Å²) in [6, 6.07) is 9.53. The van der Waals surface area contributed by atoms with Crippen LogP contribution in [0.15, 0.2) is 54.9 Å². The Hall–Kier alpha value is -3.61. The van der Waals surface area contributed by atoms with E-state index in [2.05, 4.69) is 10.1 Å². The monoisotopic (exact) mass is 395 g/mol. The largest absolute Gasteiger partial charge is 0.328 e. The van der Waals surface area contributed by atoms with Crippen molar-refractivity contribution in [1.82, 2.24) is 19.5 Å². The molecule has 1 amide bonds. The van der Waals surface area contributed by atoms with Crippen molar-refractivity contribution >= 4 is 11.4 Å². The molecule has 0 bridgehead atoms. The number of pyridine rings is 2. The van der Waals surface area contributed by atoms with Crippen molar-refractivity contribution in [1.29, 1.82) is 0 Å². The second kappa shape index (κ2) is 6.48. The highest BCUT2D eigenvalue weighted by Gasteiger charge is 2.29. The Morgan fingerprint density at radius 1 is 1.17 bits per heavy atom. The molecule has 1 aromatic carbocycles. The fraction of sp³-hybridized carbons (Fsp3) is 0.136. The van der Waals surface area contributed by atoms with Gasteiger partial charge in [0, 0.05) is 27.6 Å². The lowest BCUT2D eigenvalue weighted by Gasteiger charge is -2.17. The Morgan fingerprint density at radius 3 is 2.72 bits per heavy atom. The minimum absolute atomic E-state index is 0.0439. The Kier molecular flexibility index (Phi) is 2.85. The van der Waals surface area contributed by atoms with E-state index in [1.807, 2.05) is 0 Å². The lowest BCUT2D eigenvalue weighted by Crippen LogP contribution is -2.24. The van der Waals surface area contributed by atoms with Gasteiger partial charge in [0.2, 0.25) is 0 Å². The highest BCUT2D eigenvalue weighted by atomic mass is 19.1. The van der Waals surface area contributed by atoms with E-state index in [9.17, 15) is 4.79 Å². The summed E-state index contributed by atoms with van der Waals surface area (Å²) >= 11 is 0. The molecule has 4 heterocycles. The zero-order valence-corrected chi connectivity index (χ0v) is 14.9. The Labute approximate surface area is 172 Å². The van der Waals surface area contributed by atoms with Crippen molar-refractivity contribution in [3.63, 3.8) is 0 Å². The summed E-state index contributed by atoms with van der Waals surface area (Å²) in [7, 11) is 0. The minimum atomic E-state index is -2.45. The molecule has 7 heteroatoms. The molecule has 144 valence electrons. The van der Waals surface area contributed by atoms with Crippen LogP contribution in [-0.4, -0.2) is 25.4 Å². The average Bonchev–Trinajstić information content (AvgIpc) is 3.30. The Bertz CT molecular complexity index is 1440. The third-order valence-electron chi connectivity index (χ3n) is 4.79. The lowest BCUT2D eigenvalue weighted by molar-refractivity contribution is 0.0763. The maximum absolute atomic E-state index is 15.1. The van der Waals surface area contributed by atoms with Gasteiger partial charge in [0.25, 0.3) is 5.91 Å². The number of benzene rings is 1. The van der Waals surface area contributed by atoms with E-state index in [4.69, 9.17) is 6.85 Å². The van der Waals surface area contributed by atoms with Gasteiger partial charge < -0.3 is 4.90 Å². The summed E-state index contributed by atoms with van der Waals surface area (Å²) in [5, 5.41) is 4.02. The second-order valence-electron chi connectivity index (χ2n) is 6.60. The van der Waals surface area contributed by atoms with Crippen molar-refractivity contribution in [2.75, 3.05) is 0 Å². The summed E-state index contributed by atoms with van der Waals surface area (Å²) in [6.45, 7) is -5.42. The van der Waals surface area contributed by atoms with Crippen LogP contribution in [0.3, 0.4) is 0 Å². The maximum atomic E-state index is 15.1. The molecule has 0 unspecified atom stereocenters. The zero-order valence-electron chi connectivity index (χ0n) is 19.9. The molecule has 0 radical (unpaired) electrons. The summed E-state index contributed by atoms with van der Waals surface area (Å²) in [5.74, 6) is -2.66. The number of hydrogen-bond acceptors (Lipinski definition) is 3. The third-order valence-corrected chi connectivity index (χ3v) is 4.79. The zero-order chi connectivity index (χ0) is 24.4. The van der Waals surface area contributed by atoms with E-state index in [-0.39, 0.29) is 22.5 Å². The quantitative estimate of drug-likeness (QED) is 0.524. The predicted molar refractivity (Wildman–Crippen MR) is 103 cm³/mol. The van der Waals surface area contributed by atoms with Crippen molar-refractivity contribution in [3.8, 4) is 11.1 Å². The van der Waals surface area contributed by atoms with Gasteiger partial charge in [0.05, 0.1) is 38.3 Å². The van der Waals surface area contributed by atoms with Crippen LogP contribution in [0.4, 0.5) is 8.78 Å². The molecule has 4 aromatic rings. The molecule has 1 aliphatic heterocycles. The molecule has 5 rings (SSSR count). The molecule has 1 aliphatic rings. The minimum Gasteiger partial charge on any atom is -0.328 e. The van der Waals surface area contributed by atoms with Gasteiger partial charge in [-0.15, -0.1) is 0 Å². The number of aryl methyl sites for hydroxylation is 1. The molecule has 5 nitrogen and oxygen atoms in total. The van der Waals surface area contributed by atoms with Crippen LogP contribution < -0.4 is 0 Å². The summed E-state index contributed by atoms with van der Waals surface area (Å²) in [6.07, 6.45) is 2.88. The first kappa shape index (κ1) is 12.8. The van der Waals surface area contributed by atoms with Gasteiger partial charge in [-0.05, 0) is 48.8 Å². The first-order valence-corrected chi connectivity index (χ1v) is 8.73. The number of aromatic nitrogens is 3. The molecule has 3 aromatic heterocycles. The first-order valence-electron chi connectivity index (χ1n) is 11.2. The molecule has 0 aliphatic carbocycles. The van der Waals surface area contributed by atoms with Crippen LogP contribution >= 0.6 is 0 Å². The number of carbonyl (C=O) groups excluding carboxylic acids is 1. The van der Waals surface area contributed by atoms with Gasteiger partial charge in [0.1, 0.15) is 11.6 Å². The molecule has 0 saturated heterocycles. The van der Waals surface area contributed by atoms with Crippen LogP contribution in [-0.2, 0) is 13.0 Å². The Balaban J connectivity index is 1.54.